The highest BCUT2D eigenvalue weighted by Gasteiger charge is 2.41. The van der Waals surface area contributed by atoms with Gasteiger partial charge in [0.05, 0.1) is 6.54 Å². The fourth-order valence-corrected chi connectivity index (χ4v) is 1.98. The maximum absolute atomic E-state index is 11.9. The van der Waals surface area contributed by atoms with E-state index in [1.807, 2.05) is 6.07 Å². The lowest BCUT2D eigenvalue weighted by Crippen LogP contribution is -2.38. The Morgan fingerprint density at radius 3 is 2.57 bits per heavy atom. The third-order valence-electron chi connectivity index (χ3n) is 2.94. The lowest BCUT2D eigenvalue weighted by Gasteiger charge is -2.22. The van der Waals surface area contributed by atoms with E-state index in [0.29, 0.717) is 5.56 Å². The molecule has 2 atom stereocenters. The molecule has 1 heterocycles. The van der Waals surface area contributed by atoms with Gasteiger partial charge in [-0.15, -0.1) is 0 Å². The zero-order valence-electron chi connectivity index (χ0n) is 12.3. The minimum atomic E-state index is -0.984. The van der Waals surface area contributed by atoms with Gasteiger partial charge in [-0.25, -0.2) is 14.5 Å². The Bertz CT molecular complexity index is 523. The minimum Gasteiger partial charge on any atom is -0.443 e. The van der Waals surface area contributed by atoms with Crippen molar-refractivity contribution in [2.24, 2.45) is 0 Å². The fraction of sp³-hybridized carbons (Fsp3) is 0.467. The molecule has 1 fully saturated rings. The van der Waals surface area contributed by atoms with Crippen LogP contribution in [0.25, 0.3) is 0 Å². The average Bonchev–Trinajstić information content (AvgIpc) is 2.79. The lowest BCUT2D eigenvalue weighted by atomic mass is 10.0. The molecule has 0 saturated carbocycles. The lowest BCUT2D eigenvalue weighted by molar-refractivity contribution is 0.0316. The Balaban J connectivity index is 2.04. The normalized spacial score (nSPS) is 20.1. The highest BCUT2D eigenvalue weighted by molar-refractivity contribution is 5.89. The second-order valence-corrected chi connectivity index (χ2v) is 5.87. The first kappa shape index (κ1) is 15.3. The molecule has 21 heavy (non-hydrogen) atoms. The molecule has 0 aliphatic carbocycles. The van der Waals surface area contributed by atoms with Crippen molar-refractivity contribution in [3.8, 4) is 0 Å². The molecule has 1 saturated heterocycles. The SMILES string of the molecule is CC(C)(C)OC(=O)N1C[C@H]([C@H](O)c2ccccc2)OC1=O. The van der Waals surface area contributed by atoms with Crippen LogP contribution in [0.15, 0.2) is 30.3 Å². The number of rotatable bonds is 2. The van der Waals surface area contributed by atoms with Crippen molar-refractivity contribution in [2.45, 2.75) is 38.6 Å². The number of benzene rings is 1. The van der Waals surface area contributed by atoms with Crippen molar-refractivity contribution < 1.29 is 24.2 Å². The van der Waals surface area contributed by atoms with Crippen LogP contribution in [-0.2, 0) is 9.47 Å². The van der Waals surface area contributed by atoms with Gasteiger partial charge in [0.25, 0.3) is 0 Å². The van der Waals surface area contributed by atoms with Crippen LogP contribution in [0.1, 0.15) is 32.4 Å². The zero-order valence-corrected chi connectivity index (χ0v) is 12.3. The standard InChI is InChI=1S/C15H19NO5/c1-15(2,3)21-14(19)16-9-11(20-13(16)18)12(17)10-7-5-4-6-8-10/h4-8,11-12,17H,9H2,1-3H3/t11-,12-/m1/s1. The molecule has 2 amide bonds. The predicted molar refractivity (Wildman–Crippen MR) is 74.6 cm³/mol. The number of carbonyl (C=O) groups excluding carboxylic acids is 2. The Hall–Kier alpha value is -2.08. The van der Waals surface area contributed by atoms with Crippen molar-refractivity contribution in [2.75, 3.05) is 6.54 Å². The van der Waals surface area contributed by atoms with E-state index in [2.05, 4.69) is 0 Å². The molecule has 6 nitrogen and oxygen atoms in total. The number of carbonyl (C=O) groups is 2. The molecule has 0 radical (unpaired) electrons. The summed E-state index contributed by atoms with van der Waals surface area (Å²) in [4.78, 5) is 24.5. The fourth-order valence-electron chi connectivity index (χ4n) is 1.98. The number of aliphatic hydroxyl groups is 1. The Morgan fingerprint density at radius 1 is 1.38 bits per heavy atom. The van der Waals surface area contributed by atoms with Crippen LogP contribution in [0.3, 0.4) is 0 Å². The predicted octanol–water partition coefficient (Wildman–Crippen LogP) is 2.48. The Labute approximate surface area is 123 Å². The van der Waals surface area contributed by atoms with Crippen LogP contribution in [0.2, 0.25) is 0 Å². The number of cyclic esters (lactones) is 1. The van der Waals surface area contributed by atoms with Crippen LogP contribution in [0.4, 0.5) is 9.59 Å². The van der Waals surface area contributed by atoms with E-state index >= 15 is 0 Å². The van der Waals surface area contributed by atoms with Gasteiger partial charge < -0.3 is 14.6 Å². The van der Waals surface area contributed by atoms with E-state index in [-0.39, 0.29) is 6.54 Å². The number of imide groups is 1. The number of aliphatic hydroxyl groups excluding tert-OH is 1. The molecule has 1 aromatic carbocycles. The number of amides is 2. The maximum Gasteiger partial charge on any atom is 0.419 e. The number of nitrogens with zero attached hydrogens (tertiary/aromatic N) is 1. The third kappa shape index (κ3) is 3.72. The molecule has 0 spiro atoms. The van der Waals surface area contributed by atoms with Gasteiger partial charge in [-0.3, -0.25) is 0 Å². The van der Waals surface area contributed by atoms with Crippen LogP contribution < -0.4 is 0 Å². The Morgan fingerprint density at radius 2 is 2.00 bits per heavy atom. The zero-order chi connectivity index (χ0) is 15.6. The third-order valence-corrected chi connectivity index (χ3v) is 2.94. The van der Waals surface area contributed by atoms with E-state index < -0.39 is 30.0 Å². The highest BCUT2D eigenvalue weighted by atomic mass is 16.6. The molecule has 1 aliphatic rings. The first-order valence-corrected chi connectivity index (χ1v) is 6.72. The second-order valence-electron chi connectivity index (χ2n) is 5.87. The largest absolute Gasteiger partial charge is 0.443 e. The van der Waals surface area contributed by atoms with E-state index in [9.17, 15) is 14.7 Å². The van der Waals surface area contributed by atoms with E-state index in [1.54, 1.807) is 45.0 Å². The molecule has 1 aromatic rings. The smallest absolute Gasteiger partial charge is 0.419 e. The Kier molecular flexibility index (Phi) is 4.18. The van der Waals surface area contributed by atoms with Gasteiger partial charge >= 0.3 is 12.2 Å². The summed E-state index contributed by atoms with van der Waals surface area (Å²) in [5.74, 6) is 0. The summed E-state index contributed by atoms with van der Waals surface area (Å²) in [6.45, 7) is 5.09. The van der Waals surface area contributed by atoms with Gasteiger partial charge in [-0.05, 0) is 26.3 Å². The molecule has 1 N–H and O–H groups in total. The molecular formula is C15H19NO5. The van der Waals surface area contributed by atoms with Crippen LogP contribution in [0.5, 0.6) is 0 Å². The summed E-state index contributed by atoms with van der Waals surface area (Å²) in [5, 5.41) is 10.2. The van der Waals surface area contributed by atoms with Gasteiger partial charge in [0, 0.05) is 0 Å². The van der Waals surface area contributed by atoms with Gasteiger partial charge in [0.15, 0.2) is 6.10 Å². The van der Waals surface area contributed by atoms with Crippen LogP contribution >= 0.6 is 0 Å². The first-order chi connectivity index (χ1) is 9.78. The topological polar surface area (TPSA) is 76.1 Å². The summed E-state index contributed by atoms with van der Waals surface area (Å²) in [6, 6.07) is 8.84. The van der Waals surface area contributed by atoms with Gasteiger partial charge in [0.1, 0.15) is 11.7 Å². The molecule has 0 aromatic heterocycles. The van der Waals surface area contributed by atoms with Gasteiger partial charge in [0.2, 0.25) is 0 Å². The molecular weight excluding hydrogens is 274 g/mol. The quantitative estimate of drug-likeness (QED) is 0.906. The molecule has 114 valence electrons. The van der Waals surface area contributed by atoms with E-state index in [4.69, 9.17) is 9.47 Å². The minimum absolute atomic E-state index is 0.0379. The van der Waals surface area contributed by atoms with Gasteiger partial charge in [-0.1, -0.05) is 30.3 Å². The van der Waals surface area contributed by atoms with E-state index in [1.165, 1.54) is 0 Å². The second kappa shape index (κ2) is 5.73. The van der Waals surface area contributed by atoms with E-state index in [0.717, 1.165) is 4.90 Å². The number of hydrogen-bond donors (Lipinski definition) is 1. The monoisotopic (exact) mass is 293 g/mol. The van der Waals surface area contributed by atoms with Crippen LogP contribution in [-0.4, -0.2) is 40.4 Å². The summed E-state index contributed by atoms with van der Waals surface area (Å²) in [6.07, 6.45) is -3.35. The van der Waals surface area contributed by atoms with Crippen molar-refractivity contribution in [1.29, 1.82) is 0 Å². The molecule has 1 aliphatic heterocycles. The molecule has 0 unspecified atom stereocenters. The van der Waals surface area contributed by atoms with Crippen molar-refractivity contribution in [3.63, 3.8) is 0 Å². The average molecular weight is 293 g/mol. The molecule has 0 bridgehead atoms. The summed E-state index contributed by atoms with van der Waals surface area (Å²) >= 11 is 0. The van der Waals surface area contributed by atoms with Crippen molar-refractivity contribution >= 4 is 12.2 Å². The summed E-state index contributed by atoms with van der Waals surface area (Å²) in [7, 11) is 0. The summed E-state index contributed by atoms with van der Waals surface area (Å²) < 4.78 is 10.2. The van der Waals surface area contributed by atoms with Gasteiger partial charge in [-0.2, -0.15) is 0 Å². The first-order valence-electron chi connectivity index (χ1n) is 6.72. The number of hydrogen-bond acceptors (Lipinski definition) is 5. The number of ether oxygens (including phenoxy) is 2. The van der Waals surface area contributed by atoms with Crippen LogP contribution in [0, 0.1) is 0 Å². The molecule has 6 heteroatoms. The van der Waals surface area contributed by atoms with Crippen molar-refractivity contribution in [3.05, 3.63) is 35.9 Å². The maximum atomic E-state index is 11.9. The molecule has 2 rings (SSSR count). The van der Waals surface area contributed by atoms with Crippen molar-refractivity contribution in [1.82, 2.24) is 4.90 Å². The summed E-state index contributed by atoms with van der Waals surface area (Å²) in [5.41, 5.74) is -0.0747. The highest BCUT2D eigenvalue weighted by Crippen LogP contribution is 2.26.